The number of aliphatic hydroxyl groups excluding tert-OH is 1. The Balaban J connectivity index is 2.91. The molecule has 0 radical (unpaired) electrons. The molecule has 1 aliphatic rings. The van der Waals surface area contributed by atoms with Gasteiger partial charge < -0.3 is 5.11 Å². The monoisotopic (exact) mass is 194 g/mol. The molecule has 1 N–H and O–H groups in total. The molecule has 0 saturated carbocycles. The molecule has 14 heavy (non-hydrogen) atoms. The van der Waals surface area contributed by atoms with E-state index in [2.05, 4.69) is 26.8 Å². The van der Waals surface area contributed by atoms with Crippen LogP contribution in [-0.2, 0) is 0 Å². The summed E-state index contributed by atoms with van der Waals surface area (Å²) in [7, 11) is 0. The molecule has 80 valence electrons. The van der Waals surface area contributed by atoms with Crippen LogP contribution >= 0.6 is 0 Å². The lowest BCUT2D eigenvalue weighted by Crippen LogP contribution is -2.36. The fraction of sp³-hybridized carbons (Fsp3) is 0.692. The Hall–Kier alpha value is -0.560. The van der Waals surface area contributed by atoms with Crippen molar-refractivity contribution in [3.05, 3.63) is 23.8 Å². The van der Waals surface area contributed by atoms with E-state index in [1.54, 1.807) is 0 Å². The predicted octanol–water partition coefficient (Wildman–Crippen LogP) is 3.31. The van der Waals surface area contributed by atoms with Crippen molar-refractivity contribution >= 4 is 0 Å². The second kappa shape index (κ2) is 4.31. The fourth-order valence-electron chi connectivity index (χ4n) is 2.61. The molecule has 0 saturated heterocycles. The molecular formula is C13H22O. The molecule has 1 heteroatoms. The molecule has 1 nitrogen and oxygen atoms in total. The maximum absolute atomic E-state index is 10.1. The Bertz CT molecular complexity index is 248. The largest absolute Gasteiger partial charge is 0.388 e. The van der Waals surface area contributed by atoms with Gasteiger partial charge in [-0.3, -0.25) is 0 Å². The maximum Gasteiger partial charge on any atom is 0.0791 e. The molecule has 2 atom stereocenters. The van der Waals surface area contributed by atoms with Crippen molar-refractivity contribution in [3.8, 4) is 0 Å². The zero-order valence-corrected chi connectivity index (χ0v) is 9.75. The van der Waals surface area contributed by atoms with Gasteiger partial charge in [0, 0.05) is 5.92 Å². The molecule has 0 aliphatic heterocycles. The van der Waals surface area contributed by atoms with Crippen molar-refractivity contribution < 1.29 is 5.11 Å². The van der Waals surface area contributed by atoms with Crippen LogP contribution in [0.5, 0.6) is 0 Å². The summed E-state index contributed by atoms with van der Waals surface area (Å²) < 4.78 is 0. The summed E-state index contributed by atoms with van der Waals surface area (Å²) in [5.41, 5.74) is 1.56. The third-order valence-electron chi connectivity index (χ3n) is 3.32. The van der Waals surface area contributed by atoms with E-state index in [4.69, 9.17) is 0 Å². The molecule has 2 unspecified atom stereocenters. The third kappa shape index (κ3) is 2.27. The highest BCUT2D eigenvalue weighted by atomic mass is 16.3. The highest BCUT2D eigenvalue weighted by molar-refractivity contribution is 5.16. The third-order valence-corrected chi connectivity index (χ3v) is 3.32. The number of hydrogen-bond donors (Lipinski definition) is 1. The van der Waals surface area contributed by atoms with Crippen molar-refractivity contribution in [2.75, 3.05) is 0 Å². The molecule has 1 rings (SSSR count). The average Bonchev–Trinajstić information content (AvgIpc) is 2.02. The van der Waals surface area contributed by atoms with Crippen molar-refractivity contribution in [1.29, 1.82) is 0 Å². The summed E-state index contributed by atoms with van der Waals surface area (Å²) >= 11 is 0. The second-order valence-electron chi connectivity index (χ2n) is 4.97. The SMILES string of the molecule is C/C=C/C(O)C1C(C)=CCCC1(C)C. The summed E-state index contributed by atoms with van der Waals surface area (Å²) in [4.78, 5) is 0. The van der Waals surface area contributed by atoms with E-state index in [9.17, 15) is 5.11 Å². The second-order valence-corrected chi connectivity index (χ2v) is 4.97. The van der Waals surface area contributed by atoms with Crippen LogP contribution in [0.3, 0.4) is 0 Å². The molecule has 0 aromatic carbocycles. The first-order chi connectivity index (χ1) is 6.49. The first-order valence-corrected chi connectivity index (χ1v) is 5.46. The lowest BCUT2D eigenvalue weighted by atomic mass is 9.66. The van der Waals surface area contributed by atoms with Gasteiger partial charge in [-0.25, -0.2) is 0 Å². The highest BCUT2D eigenvalue weighted by Crippen LogP contribution is 2.42. The van der Waals surface area contributed by atoms with Crippen LogP contribution < -0.4 is 0 Å². The minimum Gasteiger partial charge on any atom is -0.388 e. The summed E-state index contributed by atoms with van der Waals surface area (Å²) in [6.07, 6.45) is 8.09. The first kappa shape index (κ1) is 11.5. The Morgan fingerprint density at radius 3 is 2.71 bits per heavy atom. The molecule has 0 spiro atoms. The summed E-state index contributed by atoms with van der Waals surface area (Å²) in [6.45, 7) is 8.60. The Morgan fingerprint density at radius 1 is 1.57 bits per heavy atom. The van der Waals surface area contributed by atoms with Gasteiger partial charge >= 0.3 is 0 Å². The van der Waals surface area contributed by atoms with Gasteiger partial charge in [0.2, 0.25) is 0 Å². The lowest BCUT2D eigenvalue weighted by molar-refractivity contribution is 0.0784. The lowest BCUT2D eigenvalue weighted by Gasteiger charge is -2.40. The van der Waals surface area contributed by atoms with E-state index in [0.29, 0.717) is 0 Å². The maximum atomic E-state index is 10.1. The van der Waals surface area contributed by atoms with E-state index in [-0.39, 0.29) is 17.4 Å². The summed E-state index contributed by atoms with van der Waals surface area (Å²) in [5, 5.41) is 10.1. The number of rotatable bonds is 2. The zero-order chi connectivity index (χ0) is 10.8. The fourth-order valence-corrected chi connectivity index (χ4v) is 2.61. The van der Waals surface area contributed by atoms with Gasteiger partial charge in [0.05, 0.1) is 6.10 Å². The van der Waals surface area contributed by atoms with Gasteiger partial charge in [-0.05, 0) is 32.1 Å². The van der Waals surface area contributed by atoms with Crippen molar-refractivity contribution in [3.63, 3.8) is 0 Å². The topological polar surface area (TPSA) is 20.2 Å². The van der Waals surface area contributed by atoms with Crippen molar-refractivity contribution in [2.24, 2.45) is 11.3 Å². The first-order valence-electron chi connectivity index (χ1n) is 5.46. The van der Waals surface area contributed by atoms with Gasteiger partial charge in [-0.1, -0.05) is 37.6 Å². The molecule has 0 aromatic heterocycles. The highest BCUT2D eigenvalue weighted by Gasteiger charge is 2.36. The van der Waals surface area contributed by atoms with Crippen LogP contribution in [0.15, 0.2) is 23.8 Å². The van der Waals surface area contributed by atoms with Crippen LogP contribution in [-0.4, -0.2) is 11.2 Å². The van der Waals surface area contributed by atoms with Crippen LogP contribution in [0, 0.1) is 11.3 Å². The van der Waals surface area contributed by atoms with Gasteiger partial charge in [0.25, 0.3) is 0 Å². The predicted molar refractivity (Wildman–Crippen MR) is 61.1 cm³/mol. The van der Waals surface area contributed by atoms with Crippen LogP contribution in [0.4, 0.5) is 0 Å². The van der Waals surface area contributed by atoms with Crippen molar-refractivity contribution in [2.45, 2.75) is 46.6 Å². The van der Waals surface area contributed by atoms with Crippen LogP contribution in [0.2, 0.25) is 0 Å². The Labute approximate surface area is 87.5 Å². The summed E-state index contributed by atoms with van der Waals surface area (Å²) in [5.74, 6) is 0.285. The Morgan fingerprint density at radius 2 is 2.21 bits per heavy atom. The van der Waals surface area contributed by atoms with Gasteiger partial charge in [-0.2, -0.15) is 0 Å². The number of allylic oxidation sites excluding steroid dienone is 2. The number of aliphatic hydroxyl groups is 1. The van der Waals surface area contributed by atoms with E-state index in [0.717, 1.165) is 6.42 Å². The summed E-state index contributed by atoms with van der Waals surface area (Å²) in [6, 6.07) is 0. The van der Waals surface area contributed by atoms with Crippen molar-refractivity contribution in [1.82, 2.24) is 0 Å². The normalized spacial score (nSPS) is 28.9. The number of hydrogen-bond acceptors (Lipinski definition) is 1. The molecule has 0 amide bonds. The van der Waals surface area contributed by atoms with Gasteiger partial charge in [0.15, 0.2) is 0 Å². The molecule has 0 bridgehead atoms. The molecule has 1 aliphatic carbocycles. The van der Waals surface area contributed by atoms with Crippen LogP contribution in [0.25, 0.3) is 0 Å². The minimum absolute atomic E-state index is 0.220. The molecule has 0 heterocycles. The van der Waals surface area contributed by atoms with Crippen LogP contribution in [0.1, 0.15) is 40.5 Å². The smallest absolute Gasteiger partial charge is 0.0791 e. The van der Waals surface area contributed by atoms with E-state index in [1.165, 1.54) is 12.0 Å². The molecular weight excluding hydrogens is 172 g/mol. The van der Waals surface area contributed by atoms with E-state index in [1.807, 2.05) is 19.1 Å². The van der Waals surface area contributed by atoms with E-state index >= 15 is 0 Å². The quantitative estimate of drug-likeness (QED) is 0.669. The average molecular weight is 194 g/mol. The standard InChI is InChI=1S/C13H22O/c1-5-7-11(14)12-10(2)8-6-9-13(12,3)4/h5,7-8,11-12,14H,6,9H2,1-4H3/b7-5+. The molecule has 0 fully saturated rings. The molecule has 0 aromatic rings. The van der Waals surface area contributed by atoms with E-state index < -0.39 is 0 Å². The zero-order valence-electron chi connectivity index (χ0n) is 9.75. The Kier molecular flexibility index (Phi) is 3.54. The van der Waals surface area contributed by atoms with Gasteiger partial charge in [-0.15, -0.1) is 0 Å². The minimum atomic E-state index is -0.327. The van der Waals surface area contributed by atoms with Gasteiger partial charge in [0.1, 0.15) is 0 Å².